The molecule has 6 nitrogen and oxygen atoms in total. The van der Waals surface area contributed by atoms with Gasteiger partial charge in [-0.05, 0) is 61.6 Å². The fourth-order valence-electron chi connectivity index (χ4n) is 3.91. The number of halogens is 1. The molecule has 4 rings (SSSR count). The lowest BCUT2D eigenvalue weighted by molar-refractivity contribution is 0.0784. The van der Waals surface area contributed by atoms with Crippen molar-refractivity contribution < 1.29 is 14.0 Å². The van der Waals surface area contributed by atoms with Gasteiger partial charge in [0.1, 0.15) is 5.82 Å². The summed E-state index contributed by atoms with van der Waals surface area (Å²) in [5, 5.41) is 8.40. The van der Waals surface area contributed by atoms with Gasteiger partial charge in [-0.25, -0.2) is 4.39 Å². The number of hydrogen-bond donors (Lipinski definition) is 0. The summed E-state index contributed by atoms with van der Waals surface area (Å²) in [4.78, 5) is 28.9. The van der Waals surface area contributed by atoms with Gasteiger partial charge in [0, 0.05) is 38.2 Å². The second-order valence-electron chi connectivity index (χ2n) is 8.37. The van der Waals surface area contributed by atoms with Crippen molar-refractivity contribution in [1.29, 1.82) is 0 Å². The number of hydrogen-bond acceptors (Lipinski definition) is 5. The van der Waals surface area contributed by atoms with E-state index in [1.54, 1.807) is 23.1 Å². The van der Waals surface area contributed by atoms with E-state index in [-0.39, 0.29) is 23.4 Å². The minimum absolute atomic E-state index is 0.0657. The predicted octanol–water partition coefficient (Wildman–Crippen LogP) is 3.59. The molecule has 1 amide bonds. The standard InChI is InChI=1S/C23H27FN4O2/c1-27(13-10-16-2-3-16)23(30)20-8-9-21(26-25-20)28-14-11-18(12-15-28)22(29)17-4-6-19(24)7-5-17/h4-9,16,18H,2-3,10-15H2,1H3. The zero-order valence-electron chi connectivity index (χ0n) is 17.3. The van der Waals surface area contributed by atoms with Gasteiger partial charge in [-0.15, -0.1) is 10.2 Å². The Labute approximate surface area is 176 Å². The number of aromatic nitrogens is 2. The van der Waals surface area contributed by atoms with Crippen molar-refractivity contribution in [3.05, 3.63) is 53.5 Å². The quantitative estimate of drug-likeness (QED) is 0.653. The van der Waals surface area contributed by atoms with Crippen LogP contribution in [0.2, 0.25) is 0 Å². The number of anilines is 1. The molecule has 0 unspecified atom stereocenters. The van der Waals surface area contributed by atoms with E-state index < -0.39 is 0 Å². The summed E-state index contributed by atoms with van der Waals surface area (Å²) >= 11 is 0. The van der Waals surface area contributed by atoms with E-state index in [9.17, 15) is 14.0 Å². The van der Waals surface area contributed by atoms with E-state index in [1.165, 1.54) is 25.0 Å². The number of amides is 1. The summed E-state index contributed by atoms with van der Waals surface area (Å²) in [5.74, 6) is 1.07. The molecule has 0 spiro atoms. The minimum Gasteiger partial charge on any atom is -0.355 e. The van der Waals surface area contributed by atoms with Crippen LogP contribution in [0.3, 0.4) is 0 Å². The average molecular weight is 410 g/mol. The molecule has 7 heteroatoms. The lowest BCUT2D eigenvalue weighted by atomic mass is 9.89. The van der Waals surface area contributed by atoms with Gasteiger partial charge in [-0.2, -0.15) is 0 Å². The van der Waals surface area contributed by atoms with Crippen LogP contribution < -0.4 is 4.90 Å². The van der Waals surface area contributed by atoms with Gasteiger partial charge in [0.15, 0.2) is 17.3 Å². The predicted molar refractivity (Wildman–Crippen MR) is 112 cm³/mol. The zero-order chi connectivity index (χ0) is 21.1. The summed E-state index contributed by atoms with van der Waals surface area (Å²) in [7, 11) is 1.81. The van der Waals surface area contributed by atoms with Gasteiger partial charge in [0.05, 0.1) is 0 Å². The molecule has 1 aliphatic heterocycles. The first-order chi connectivity index (χ1) is 14.5. The molecule has 158 valence electrons. The van der Waals surface area contributed by atoms with Crippen LogP contribution in [0.5, 0.6) is 0 Å². The maximum Gasteiger partial charge on any atom is 0.274 e. The summed E-state index contributed by atoms with van der Waals surface area (Å²) in [6.45, 7) is 2.14. The Morgan fingerprint density at radius 1 is 1.03 bits per heavy atom. The second kappa shape index (κ2) is 8.90. The molecule has 2 aliphatic rings. The minimum atomic E-state index is -0.337. The van der Waals surface area contributed by atoms with Crippen molar-refractivity contribution in [3.8, 4) is 0 Å². The first-order valence-corrected chi connectivity index (χ1v) is 10.6. The fraction of sp³-hybridized carbons (Fsp3) is 0.478. The molecule has 2 fully saturated rings. The third kappa shape index (κ3) is 4.83. The van der Waals surface area contributed by atoms with Gasteiger partial charge in [-0.1, -0.05) is 12.8 Å². The number of ketones is 1. The van der Waals surface area contributed by atoms with Crippen molar-refractivity contribution in [2.45, 2.75) is 32.1 Å². The summed E-state index contributed by atoms with van der Waals surface area (Å²) in [5.41, 5.74) is 0.918. The monoisotopic (exact) mass is 410 g/mol. The van der Waals surface area contributed by atoms with Crippen LogP contribution in [0.25, 0.3) is 0 Å². The molecule has 30 heavy (non-hydrogen) atoms. The van der Waals surface area contributed by atoms with Gasteiger partial charge in [0.25, 0.3) is 5.91 Å². The highest BCUT2D eigenvalue weighted by atomic mass is 19.1. The van der Waals surface area contributed by atoms with E-state index in [4.69, 9.17) is 0 Å². The molecule has 1 aromatic carbocycles. The highest BCUT2D eigenvalue weighted by molar-refractivity contribution is 5.98. The van der Waals surface area contributed by atoms with Crippen molar-refractivity contribution >= 4 is 17.5 Å². The largest absolute Gasteiger partial charge is 0.355 e. The van der Waals surface area contributed by atoms with E-state index in [0.29, 0.717) is 37.2 Å². The molecule has 0 atom stereocenters. The van der Waals surface area contributed by atoms with Crippen LogP contribution in [-0.4, -0.2) is 53.5 Å². The van der Waals surface area contributed by atoms with Crippen LogP contribution >= 0.6 is 0 Å². The number of nitrogens with zero attached hydrogens (tertiary/aromatic N) is 4. The summed E-state index contributed by atoms with van der Waals surface area (Å²) in [6.07, 6.45) is 5.04. The summed E-state index contributed by atoms with van der Waals surface area (Å²) in [6, 6.07) is 9.30. The first-order valence-electron chi connectivity index (χ1n) is 10.6. The van der Waals surface area contributed by atoms with Crippen molar-refractivity contribution in [1.82, 2.24) is 15.1 Å². The fourth-order valence-corrected chi connectivity index (χ4v) is 3.91. The third-order valence-corrected chi connectivity index (χ3v) is 6.10. The van der Waals surface area contributed by atoms with E-state index >= 15 is 0 Å². The van der Waals surface area contributed by atoms with Gasteiger partial charge in [-0.3, -0.25) is 9.59 Å². The molecule has 1 saturated carbocycles. The molecule has 1 aliphatic carbocycles. The van der Waals surface area contributed by atoms with E-state index in [0.717, 1.165) is 24.7 Å². The number of rotatable bonds is 7. The molecule has 0 radical (unpaired) electrons. The average Bonchev–Trinajstić information content (AvgIpc) is 3.62. The smallest absolute Gasteiger partial charge is 0.274 e. The van der Waals surface area contributed by atoms with Crippen molar-refractivity contribution in [2.24, 2.45) is 11.8 Å². The Morgan fingerprint density at radius 2 is 1.73 bits per heavy atom. The Morgan fingerprint density at radius 3 is 2.33 bits per heavy atom. The third-order valence-electron chi connectivity index (χ3n) is 6.10. The molecular formula is C23H27FN4O2. The molecule has 2 heterocycles. The zero-order valence-corrected chi connectivity index (χ0v) is 17.3. The molecular weight excluding hydrogens is 383 g/mol. The number of benzene rings is 1. The molecule has 1 aromatic heterocycles. The van der Waals surface area contributed by atoms with Crippen molar-refractivity contribution in [3.63, 3.8) is 0 Å². The van der Waals surface area contributed by atoms with Gasteiger partial charge in [0.2, 0.25) is 0 Å². The Balaban J connectivity index is 1.30. The van der Waals surface area contributed by atoms with Crippen LogP contribution in [0.4, 0.5) is 10.2 Å². The number of piperidine rings is 1. The Hall–Kier alpha value is -2.83. The Kier molecular flexibility index (Phi) is 6.06. The van der Waals surface area contributed by atoms with Crippen LogP contribution in [0.15, 0.2) is 36.4 Å². The van der Waals surface area contributed by atoms with Gasteiger partial charge < -0.3 is 9.80 Å². The van der Waals surface area contributed by atoms with Crippen molar-refractivity contribution in [2.75, 3.05) is 31.6 Å². The van der Waals surface area contributed by atoms with Crippen LogP contribution in [0.1, 0.15) is 53.0 Å². The van der Waals surface area contributed by atoms with Crippen LogP contribution in [-0.2, 0) is 0 Å². The highest BCUT2D eigenvalue weighted by Crippen LogP contribution is 2.32. The lowest BCUT2D eigenvalue weighted by Crippen LogP contribution is -2.37. The van der Waals surface area contributed by atoms with Gasteiger partial charge >= 0.3 is 0 Å². The maximum atomic E-state index is 13.1. The lowest BCUT2D eigenvalue weighted by Gasteiger charge is -2.31. The first kappa shape index (κ1) is 20.4. The molecule has 2 aromatic rings. The normalized spacial score (nSPS) is 17.1. The molecule has 1 saturated heterocycles. The SMILES string of the molecule is CN(CCC1CC1)C(=O)c1ccc(N2CCC(C(=O)c3ccc(F)cc3)CC2)nn1. The van der Waals surface area contributed by atoms with E-state index in [1.807, 2.05) is 13.1 Å². The molecule has 0 N–H and O–H groups in total. The second-order valence-corrected chi connectivity index (χ2v) is 8.37. The number of carbonyl (C=O) groups excluding carboxylic acids is 2. The van der Waals surface area contributed by atoms with E-state index in [2.05, 4.69) is 15.1 Å². The topological polar surface area (TPSA) is 66.4 Å². The number of Topliss-reactive ketones (excluding diaryl/α,β-unsaturated/α-hetero) is 1. The maximum absolute atomic E-state index is 13.1. The highest BCUT2D eigenvalue weighted by Gasteiger charge is 2.27. The number of carbonyl (C=O) groups is 2. The Bertz CT molecular complexity index is 888. The van der Waals surface area contributed by atoms with Crippen LogP contribution in [0, 0.1) is 17.7 Å². The summed E-state index contributed by atoms with van der Waals surface area (Å²) < 4.78 is 13.1. The molecule has 0 bridgehead atoms.